The van der Waals surface area contributed by atoms with Crippen LogP contribution < -0.4 is 10.1 Å². The number of esters is 1. The minimum absolute atomic E-state index is 0.120. The van der Waals surface area contributed by atoms with Crippen molar-refractivity contribution in [2.24, 2.45) is 0 Å². The van der Waals surface area contributed by atoms with Gasteiger partial charge in [-0.25, -0.2) is 4.79 Å². The van der Waals surface area contributed by atoms with Crippen molar-refractivity contribution in [1.82, 2.24) is 5.32 Å². The third-order valence-electron chi connectivity index (χ3n) is 2.16. The first-order valence-corrected chi connectivity index (χ1v) is 5.31. The van der Waals surface area contributed by atoms with Crippen LogP contribution in [0.15, 0.2) is 24.3 Å². The van der Waals surface area contributed by atoms with E-state index in [-0.39, 0.29) is 6.61 Å². The monoisotopic (exact) mass is 239 g/mol. The second-order valence-electron chi connectivity index (χ2n) is 3.51. The Labute approximate surface area is 100 Å². The first-order valence-electron chi connectivity index (χ1n) is 5.31. The van der Waals surface area contributed by atoms with Crippen LogP contribution in [0, 0.1) is 0 Å². The second kappa shape index (κ2) is 6.88. The molecule has 1 atom stereocenters. The Kier molecular flexibility index (Phi) is 5.45. The molecule has 0 aliphatic carbocycles. The molecule has 0 spiro atoms. The third-order valence-corrected chi connectivity index (χ3v) is 2.16. The van der Waals surface area contributed by atoms with Gasteiger partial charge in [0.15, 0.2) is 0 Å². The Morgan fingerprint density at radius 3 is 2.82 bits per heavy atom. The van der Waals surface area contributed by atoms with Crippen LogP contribution in [0.5, 0.6) is 5.75 Å². The maximum absolute atomic E-state index is 11.4. The van der Waals surface area contributed by atoms with Gasteiger partial charge in [-0.05, 0) is 19.2 Å². The highest BCUT2D eigenvalue weighted by Gasteiger charge is 2.13. The number of benzene rings is 1. The van der Waals surface area contributed by atoms with Crippen molar-refractivity contribution in [1.29, 1.82) is 0 Å². The lowest BCUT2D eigenvalue weighted by molar-refractivity contribution is 0.0589. The van der Waals surface area contributed by atoms with Crippen LogP contribution in [0.1, 0.15) is 10.4 Å². The Balaban J connectivity index is 2.67. The zero-order valence-corrected chi connectivity index (χ0v) is 9.97. The molecule has 0 aliphatic heterocycles. The molecule has 1 rings (SSSR count). The summed E-state index contributed by atoms with van der Waals surface area (Å²) in [6, 6.07) is 6.76. The van der Waals surface area contributed by atoms with E-state index in [0.717, 1.165) is 0 Å². The van der Waals surface area contributed by atoms with Crippen molar-refractivity contribution in [3.8, 4) is 5.75 Å². The fraction of sp³-hybridized carbons (Fsp3) is 0.417. The van der Waals surface area contributed by atoms with Gasteiger partial charge in [0.2, 0.25) is 0 Å². The zero-order chi connectivity index (χ0) is 12.7. The molecule has 94 valence electrons. The van der Waals surface area contributed by atoms with Gasteiger partial charge in [-0.1, -0.05) is 12.1 Å². The molecule has 1 aromatic rings. The summed E-state index contributed by atoms with van der Waals surface area (Å²) in [5.74, 6) is -0.0433. The molecule has 1 unspecified atom stereocenters. The number of likely N-dealkylation sites (N-methyl/N-ethyl adjacent to an activating group) is 1. The molecule has 0 radical (unpaired) electrons. The minimum atomic E-state index is -0.620. The Hall–Kier alpha value is -1.59. The number of hydrogen-bond donors (Lipinski definition) is 2. The van der Waals surface area contributed by atoms with Gasteiger partial charge < -0.3 is 19.9 Å². The number of para-hydroxylation sites is 1. The number of methoxy groups -OCH3 is 1. The SMILES string of the molecule is CNCC(O)COc1ccccc1C(=O)OC. The molecule has 0 saturated heterocycles. The van der Waals surface area contributed by atoms with E-state index in [4.69, 9.17) is 4.74 Å². The Morgan fingerprint density at radius 2 is 2.18 bits per heavy atom. The van der Waals surface area contributed by atoms with Gasteiger partial charge in [0.1, 0.15) is 24.0 Å². The Morgan fingerprint density at radius 1 is 1.47 bits per heavy atom. The van der Waals surface area contributed by atoms with E-state index in [9.17, 15) is 9.90 Å². The number of carbonyl (C=O) groups excluding carboxylic acids is 1. The molecule has 1 aromatic carbocycles. The van der Waals surface area contributed by atoms with Crippen LogP contribution in [-0.4, -0.2) is 44.5 Å². The molecule has 5 heteroatoms. The van der Waals surface area contributed by atoms with Gasteiger partial charge in [0, 0.05) is 6.54 Å². The maximum Gasteiger partial charge on any atom is 0.341 e. The van der Waals surface area contributed by atoms with E-state index in [1.807, 2.05) is 0 Å². The molecular weight excluding hydrogens is 222 g/mol. The summed E-state index contributed by atoms with van der Waals surface area (Å²) in [6.45, 7) is 0.551. The first-order chi connectivity index (χ1) is 8.19. The largest absolute Gasteiger partial charge is 0.490 e. The average molecular weight is 239 g/mol. The van der Waals surface area contributed by atoms with Gasteiger partial charge in [-0.15, -0.1) is 0 Å². The van der Waals surface area contributed by atoms with Gasteiger partial charge in [-0.3, -0.25) is 0 Å². The molecule has 0 saturated carbocycles. The van der Waals surface area contributed by atoms with Crippen molar-refractivity contribution in [3.05, 3.63) is 29.8 Å². The molecule has 0 amide bonds. The van der Waals surface area contributed by atoms with E-state index in [0.29, 0.717) is 17.9 Å². The zero-order valence-electron chi connectivity index (χ0n) is 9.97. The predicted octanol–water partition coefficient (Wildman–Crippen LogP) is 0.432. The third kappa shape index (κ3) is 4.05. The van der Waals surface area contributed by atoms with Crippen molar-refractivity contribution in [3.63, 3.8) is 0 Å². The number of aliphatic hydroxyl groups is 1. The topological polar surface area (TPSA) is 67.8 Å². The highest BCUT2D eigenvalue weighted by Crippen LogP contribution is 2.18. The van der Waals surface area contributed by atoms with Crippen LogP contribution in [-0.2, 0) is 4.74 Å². The van der Waals surface area contributed by atoms with Crippen molar-refractivity contribution in [2.75, 3.05) is 27.3 Å². The number of nitrogens with one attached hydrogen (secondary N) is 1. The highest BCUT2D eigenvalue weighted by molar-refractivity contribution is 5.92. The molecule has 0 aliphatic rings. The first kappa shape index (κ1) is 13.5. The number of hydrogen-bond acceptors (Lipinski definition) is 5. The molecule has 0 fully saturated rings. The van der Waals surface area contributed by atoms with E-state index >= 15 is 0 Å². The van der Waals surface area contributed by atoms with Crippen molar-refractivity contribution >= 4 is 5.97 Å². The van der Waals surface area contributed by atoms with Crippen LogP contribution in [0.2, 0.25) is 0 Å². The van der Waals surface area contributed by atoms with Crippen molar-refractivity contribution < 1.29 is 19.4 Å². The fourth-order valence-corrected chi connectivity index (χ4v) is 1.35. The smallest absolute Gasteiger partial charge is 0.341 e. The standard InChI is InChI=1S/C12H17NO4/c1-13-7-9(14)8-17-11-6-4-3-5-10(11)12(15)16-2/h3-6,9,13-14H,7-8H2,1-2H3. The summed E-state index contributed by atoms with van der Waals surface area (Å²) in [7, 11) is 3.06. The highest BCUT2D eigenvalue weighted by atomic mass is 16.5. The summed E-state index contributed by atoms with van der Waals surface area (Å²) in [4.78, 5) is 11.4. The average Bonchev–Trinajstić information content (AvgIpc) is 2.36. The van der Waals surface area contributed by atoms with E-state index in [2.05, 4.69) is 10.1 Å². The molecule has 0 aromatic heterocycles. The molecular formula is C12H17NO4. The Bertz CT molecular complexity index is 367. The lowest BCUT2D eigenvalue weighted by Gasteiger charge is -2.13. The van der Waals surface area contributed by atoms with Crippen LogP contribution >= 0.6 is 0 Å². The van der Waals surface area contributed by atoms with Gasteiger partial charge in [-0.2, -0.15) is 0 Å². The number of aliphatic hydroxyl groups excluding tert-OH is 1. The number of carbonyl (C=O) groups is 1. The van der Waals surface area contributed by atoms with Gasteiger partial charge >= 0.3 is 5.97 Å². The predicted molar refractivity (Wildman–Crippen MR) is 63.2 cm³/mol. The molecule has 5 nitrogen and oxygen atoms in total. The fourth-order valence-electron chi connectivity index (χ4n) is 1.35. The van der Waals surface area contributed by atoms with Gasteiger partial charge in [0.25, 0.3) is 0 Å². The summed E-state index contributed by atoms with van der Waals surface area (Å²) in [6.07, 6.45) is -0.620. The summed E-state index contributed by atoms with van der Waals surface area (Å²) in [5.41, 5.74) is 0.353. The molecule has 17 heavy (non-hydrogen) atoms. The van der Waals surface area contributed by atoms with Crippen LogP contribution in [0.4, 0.5) is 0 Å². The lowest BCUT2D eigenvalue weighted by atomic mass is 10.2. The summed E-state index contributed by atoms with van der Waals surface area (Å²) in [5, 5.41) is 12.3. The molecule has 2 N–H and O–H groups in total. The van der Waals surface area contributed by atoms with E-state index in [1.165, 1.54) is 7.11 Å². The van der Waals surface area contributed by atoms with Crippen LogP contribution in [0.25, 0.3) is 0 Å². The number of rotatable bonds is 6. The second-order valence-corrected chi connectivity index (χ2v) is 3.51. The summed E-state index contributed by atoms with van der Waals surface area (Å²) >= 11 is 0. The maximum atomic E-state index is 11.4. The quantitative estimate of drug-likeness (QED) is 0.705. The molecule has 0 bridgehead atoms. The molecule has 0 heterocycles. The van der Waals surface area contributed by atoms with Gasteiger partial charge in [0.05, 0.1) is 7.11 Å². The van der Waals surface area contributed by atoms with Crippen LogP contribution in [0.3, 0.4) is 0 Å². The summed E-state index contributed by atoms with van der Waals surface area (Å²) < 4.78 is 10.0. The lowest BCUT2D eigenvalue weighted by Crippen LogP contribution is -2.29. The van der Waals surface area contributed by atoms with E-state index in [1.54, 1.807) is 31.3 Å². The van der Waals surface area contributed by atoms with E-state index < -0.39 is 12.1 Å². The minimum Gasteiger partial charge on any atom is -0.490 e. The van der Waals surface area contributed by atoms with Crippen molar-refractivity contribution in [2.45, 2.75) is 6.10 Å². The normalized spacial score (nSPS) is 11.9. The number of ether oxygens (including phenoxy) is 2.